The van der Waals surface area contributed by atoms with Crippen LogP contribution >= 0.6 is 11.8 Å². The van der Waals surface area contributed by atoms with Crippen LogP contribution in [-0.4, -0.2) is 41.9 Å². The number of aliphatic hydroxyl groups is 1. The van der Waals surface area contributed by atoms with Gasteiger partial charge in [0.25, 0.3) is 0 Å². The van der Waals surface area contributed by atoms with Gasteiger partial charge in [-0.3, -0.25) is 0 Å². The monoisotopic (exact) mass is 293 g/mol. The molecule has 3 nitrogen and oxygen atoms in total. The minimum Gasteiger partial charge on any atom is -0.497 e. The lowest BCUT2D eigenvalue weighted by atomic mass is 9.87. The lowest BCUT2D eigenvalue weighted by molar-refractivity contribution is 0.0640. The number of fused-ring (bicyclic) bond motifs is 1. The Morgan fingerprint density at radius 2 is 2.35 bits per heavy atom. The molecule has 1 fully saturated rings. The third-order valence-electron chi connectivity index (χ3n) is 4.44. The van der Waals surface area contributed by atoms with E-state index in [0.29, 0.717) is 6.04 Å². The van der Waals surface area contributed by atoms with Crippen molar-refractivity contribution >= 4 is 11.8 Å². The van der Waals surface area contributed by atoms with Crippen molar-refractivity contribution in [2.45, 2.75) is 37.3 Å². The lowest BCUT2D eigenvalue weighted by Gasteiger charge is -2.30. The Morgan fingerprint density at radius 1 is 1.45 bits per heavy atom. The van der Waals surface area contributed by atoms with Crippen LogP contribution in [0.3, 0.4) is 0 Å². The van der Waals surface area contributed by atoms with Gasteiger partial charge < -0.3 is 15.2 Å². The van der Waals surface area contributed by atoms with Gasteiger partial charge in [0.15, 0.2) is 0 Å². The van der Waals surface area contributed by atoms with Crippen LogP contribution in [0.5, 0.6) is 5.75 Å². The standard InChI is InChI=1S/C16H23NO2S/c1-19-15-5-3-12-2-4-14(8-13(12)9-15)17-10-16(18)6-7-20-11-16/h3,5,9,14,17-18H,2,4,6-8,10-11H2,1H3/t14-,16+/m1/s1. The molecule has 0 unspecified atom stereocenters. The fourth-order valence-corrected chi connectivity index (χ4v) is 4.40. The number of methoxy groups -OCH3 is 1. The molecule has 3 rings (SSSR count). The molecule has 2 aliphatic rings. The Kier molecular flexibility index (Phi) is 4.24. The number of benzene rings is 1. The summed E-state index contributed by atoms with van der Waals surface area (Å²) >= 11 is 1.85. The van der Waals surface area contributed by atoms with Crippen LogP contribution < -0.4 is 10.1 Å². The Morgan fingerprint density at radius 3 is 3.10 bits per heavy atom. The first-order valence-corrected chi connectivity index (χ1v) is 8.53. The maximum absolute atomic E-state index is 10.4. The molecular weight excluding hydrogens is 270 g/mol. The number of rotatable bonds is 4. The molecule has 20 heavy (non-hydrogen) atoms. The number of thioether (sulfide) groups is 1. The van der Waals surface area contributed by atoms with Gasteiger partial charge in [0.05, 0.1) is 12.7 Å². The van der Waals surface area contributed by atoms with E-state index in [1.54, 1.807) is 7.11 Å². The average Bonchev–Trinajstić information content (AvgIpc) is 2.91. The molecule has 4 heteroatoms. The predicted molar refractivity (Wildman–Crippen MR) is 83.7 cm³/mol. The molecule has 1 heterocycles. The summed E-state index contributed by atoms with van der Waals surface area (Å²) in [7, 11) is 1.72. The highest BCUT2D eigenvalue weighted by Crippen LogP contribution is 2.29. The van der Waals surface area contributed by atoms with Gasteiger partial charge in [-0.15, -0.1) is 0 Å². The van der Waals surface area contributed by atoms with Gasteiger partial charge in [-0.25, -0.2) is 0 Å². The molecule has 1 aliphatic heterocycles. The van der Waals surface area contributed by atoms with Crippen molar-refractivity contribution in [2.75, 3.05) is 25.2 Å². The SMILES string of the molecule is COc1ccc2c(c1)C[C@H](NC[C@@]1(O)CCSC1)CC2. The highest BCUT2D eigenvalue weighted by atomic mass is 32.2. The van der Waals surface area contributed by atoms with Crippen LogP contribution in [0.4, 0.5) is 0 Å². The number of ether oxygens (including phenoxy) is 1. The van der Waals surface area contributed by atoms with Gasteiger partial charge in [0.2, 0.25) is 0 Å². The highest BCUT2D eigenvalue weighted by molar-refractivity contribution is 7.99. The van der Waals surface area contributed by atoms with Gasteiger partial charge in [-0.05, 0) is 54.7 Å². The fraction of sp³-hybridized carbons (Fsp3) is 0.625. The average molecular weight is 293 g/mol. The van der Waals surface area contributed by atoms with Crippen LogP contribution in [0.1, 0.15) is 24.0 Å². The second-order valence-corrected chi connectivity index (χ2v) is 7.09. The van der Waals surface area contributed by atoms with E-state index in [0.717, 1.165) is 49.5 Å². The van der Waals surface area contributed by atoms with Crippen LogP contribution in [0.25, 0.3) is 0 Å². The van der Waals surface area contributed by atoms with E-state index in [1.165, 1.54) is 11.1 Å². The van der Waals surface area contributed by atoms with Crippen molar-refractivity contribution in [3.8, 4) is 5.75 Å². The molecule has 110 valence electrons. The molecule has 1 aromatic rings. The maximum atomic E-state index is 10.4. The minimum absolute atomic E-state index is 0.476. The van der Waals surface area contributed by atoms with Gasteiger partial charge in [0, 0.05) is 18.3 Å². The summed E-state index contributed by atoms with van der Waals surface area (Å²) in [6, 6.07) is 6.86. The minimum atomic E-state index is -0.487. The first kappa shape index (κ1) is 14.2. The number of hydrogen-bond donors (Lipinski definition) is 2. The second kappa shape index (κ2) is 5.96. The molecule has 1 saturated heterocycles. The van der Waals surface area contributed by atoms with Crippen molar-refractivity contribution in [2.24, 2.45) is 0 Å². The van der Waals surface area contributed by atoms with E-state index in [1.807, 2.05) is 17.8 Å². The summed E-state index contributed by atoms with van der Waals surface area (Å²) in [5.74, 6) is 2.90. The number of aryl methyl sites for hydroxylation is 1. The maximum Gasteiger partial charge on any atom is 0.119 e. The van der Waals surface area contributed by atoms with Crippen molar-refractivity contribution in [3.63, 3.8) is 0 Å². The van der Waals surface area contributed by atoms with Gasteiger partial charge >= 0.3 is 0 Å². The van der Waals surface area contributed by atoms with Crippen molar-refractivity contribution in [3.05, 3.63) is 29.3 Å². The van der Waals surface area contributed by atoms with Crippen LogP contribution in [-0.2, 0) is 12.8 Å². The molecule has 0 bridgehead atoms. The normalized spacial score (nSPS) is 29.2. The van der Waals surface area contributed by atoms with E-state index < -0.39 is 5.60 Å². The molecule has 2 N–H and O–H groups in total. The van der Waals surface area contributed by atoms with Crippen LogP contribution in [0.15, 0.2) is 18.2 Å². The molecule has 0 aromatic heterocycles. The van der Waals surface area contributed by atoms with Gasteiger partial charge in [-0.2, -0.15) is 11.8 Å². The number of nitrogens with one attached hydrogen (secondary N) is 1. The molecule has 1 aliphatic carbocycles. The summed E-state index contributed by atoms with van der Waals surface area (Å²) in [5.41, 5.74) is 2.35. The lowest BCUT2D eigenvalue weighted by Crippen LogP contribution is -2.46. The van der Waals surface area contributed by atoms with E-state index in [9.17, 15) is 5.11 Å². The Labute approximate surface area is 125 Å². The Balaban J connectivity index is 1.60. The van der Waals surface area contributed by atoms with E-state index >= 15 is 0 Å². The van der Waals surface area contributed by atoms with Crippen LogP contribution in [0, 0.1) is 0 Å². The Bertz CT molecular complexity index is 472. The second-order valence-electron chi connectivity index (χ2n) is 5.98. The Hall–Kier alpha value is -0.710. The molecule has 2 atom stereocenters. The zero-order valence-corrected chi connectivity index (χ0v) is 12.8. The summed E-state index contributed by atoms with van der Waals surface area (Å²) in [6.07, 6.45) is 4.23. The van der Waals surface area contributed by atoms with Crippen molar-refractivity contribution < 1.29 is 9.84 Å². The van der Waals surface area contributed by atoms with Crippen molar-refractivity contribution in [1.82, 2.24) is 5.32 Å². The highest BCUT2D eigenvalue weighted by Gasteiger charge is 2.32. The zero-order chi connectivity index (χ0) is 14.0. The summed E-state index contributed by atoms with van der Waals surface area (Å²) in [6.45, 7) is 0.726. The molecule has 0 amide bonds. The molecule has 0 spiro atoms. The third kappa shape index (κ3) is 3.13. The summed E-state index contributed by atoms with van der Waals surface area (Å²) < 4.78 is 5.31. The fourth-order valence-electron chi connectivity index (χ4n) is 3.10. The van der Waals surface area contributed by atoms with E-state index in [2.05, 4.69) is 17.4 Å². The van der Waals surface area contributed by atoms with Gasteiger partial charge in [0.1, 0.15) is 5.75 Å². The smallest absolute Gasteiger partial charge is 0.119 e. The van der Waals surface area contributed by atoms with E-state index in [4.69, 9.17) is 4.74 Å². The topological polar surface area (TPSA) is 41.5 Å². The molecule has 0 saturated carbocycles. The summed E-state index contributed by atoms with van der Waals surface area (Å²) in [4.78, 5) is 0. The summed E-state index contributed by atoms with van der Waals surface area (Å²) in [5, 5.41) is 14.0. The molecule has 1 aromatic carbocycles. The van der Waals surface area contributed by atoms with Crippen LogP contribution in [0.2, 0.25) is 0 Å². The first-order valence-electron chi connectivity index (χ1n) is 7.38. The predicted octanol–water partition coefficient (Wildman–Crippen LogP) is 2.01. The van der Waals surface area contributed by atoms with Crippen molar-refractivity contribution in [1.29, 1.82) is 0 Å². The number of hydrogen-bond acceptors (Lipinski definition) is 4. The molecule has 0 radical (unpaired) electrons. The third-order valence-corrected chi connectivity index (χ3v) is 5.68. The molecular formula is C16H23NO2S. The van der Waals surface area contributed by atoms with Gasteiger partial charge in [-0.1, -0.05) is 6.07 Å². The first-order chi connectivity index (χ1) is 9.68. The quantitative estimate of drug-likeness (QED) is 0.891. The largest absolute Gasteiger partial charge is 0.497 e. The van der Waals surface area contributed by atoms with E-state index in [-0.39, 0.29) is 0 Å². The zero-order valence-electron chi connectivity index (χ0n) is 12.0.